The molecule has 6 nitrogen and oxygen atoms in total. The average Bonchev–Trinajstić information content (AvgIpc) is 2.68. The van der Waals surface area contributed by atoms with Crippen molar-refractivity contribution >= 4 is 11.9 Å². The quantitative estimate of drug-likeness (QED) is 0.695. The number of aromatic nitrogens is 1. The SMILES string of the molecule is C#CCN(CC(=O)O)C(=O)c1ccon1. The van der Waals surface area contributed by atoms with Crippen molar-refractivity contribution in [2.45, 2.75) is 0 Å². The van der Waals surface area contributed by atoms with Gasteiger partial charge in [0.05, 0.1) is 6.54 Å². The Labute approximate surface area is 85.5 Å². The van der Waals surface area contributed by atoms with Gasteiger partial charge in [-0.05, 0) is 0 Å². The summed E-state index contributed by atoms with van der Waals surface area (Å²) in [4.78, 5) is 23.0. The van der Waals surface area contributed by atoms with Gasteiger partial charge in [-0.1, -0.05) is 11.1 Å². The fourth-order valence-electron chi connectivity index (χ4n) is 0.958. The second-order valence-electron chi connectivity index (χ2n) is 2.64. The summed E-state index contributed by atoms with van der Waals surface area (Å²) in [5, 5.41) is 11.9. The van der Waals surface area contributed by atoms with E-state index in [0.29, 0.717) is 0 Å². The number of carbonyl (C=O) groups is 2. The van der Waals surface area contributed by atoms with Gasteiger partial charge in [-0.15, -0.1) is 6.42 Å². The van der Waals surface area contributed by atoms with Gasteiger partial charge in [-0.25, -0.2) is 0 Å². The van der Waals surface area contributed by atoms with Crippen molar-refractivity contribution in [3.05, 3.63) is 18.0 Å². The van der Waals surface area contributed by atoms with Gasteiger partial charge in [0.1, 0.15) is 12.8 Å². The molecule has 0 fully saturated rings. The number of nitrogens with zero attached hydrogens (tertiary/aromatic N) is 2. The van der Waals surface area contributed by atoms with E-state index in [-0.39, 0.29) is 12.2 Å². The number of amides is 1. The Morgan fingerprint density at radius 3 is 2.87 bits per heavy atom. The molecule has 0 saturated carbocycles. The molecule has 1 aromatic rings. The molecule has 1 amide bonds. The van der Waals surface area contributed by atoms with Gasteiger partial charge in [-0.3, -0.25) is 9.59 Å². The number of carbonyl (C=O) groups excluding carboxylic acids is 1. The third kappa shape index (κ3) is 2.84. The highest BCUT2D eigenvalue weighted by Gasteiger charge is 2.19. The Balaban J connectivity index is 2.76. The van der Waals surface area contributed by atoms with E-state index in [2.05, 4.69) is 15.6 Å². The normalized spacial score (nSPS) is 9.27. The van der Waals surface area contributed by atoms with E-state index in [1.807, 2.05) is 0 Å². The number of rotatable bonds is 4. The highest BCUT2D eigenvalue weighted by molar-refractivity contribution is 5.94. The molecule has 0 spiro atoms. The maximum atomic E-state index is 11.6. The fourth-order valence-corrected chi connectivity index (χ4v) is 0.958. The summed E-state index contributed by atoms with van der Waals surface area (Å²) in [7, 11) is 0. The maximum absolute atomic E-state index is 11.6. The number of terminal acetylenes is 1. The summed E-state index contributed by atoms with van der Waals surface area (Å²) < 4.78 is 4.47. The van der Waals surface area contributed by atoms with Crippen LogP contribution in [0.25, 0.3) is 0 Å². The van der Waals surface area contributed by atoms with Crippen LogP contribution in [0.2, 0.25) is 0 Å². The summed E-state index contributed by atoms with van der Waals surface area (Å²) in [6.45, 7) is -0.548. The van der Waals surface area contributed by atoms with E-state index in [0.717, 1.165) is 4.90 Å². The molecule has 78 valence electrons. The summed E-state index contributed by atoms with van der Waals surface area (Å²) >= 11 is 0. The van der Waals surface area contributed by atoms with Crippen molar-refractivity contribution < 1.29 is 19.2 Å². The molecule has 0 atom stereocenters. The first kappa shape index (κ1) is 10.8. The van der Waals surface area contributed by atoms with Crippen molar-refractivity contribution in [1.29, 1.82) is 0 Å². The lowest BCUT2D eigenvalue weighted by Gasteiger charge is -2.15. The molecule has 0 radical (unpaired) electrons. The highest BCUT2D eigenvalue weighted by atomic mass is 16.5. The lowest BCUT2D eigenvalue weighted by Crippen LogP contribution is -2.36. The molecule has 0 aromatic carbocycles. The van der Waals surface area contributed by atoms with E-state index in [1.54, 1.807) is 0 Å². The number of hydrogen-bond donors (Lipinski definition) is 1. The van der Waals surface area contributed by atoms with E-state index in [4.69, 9.17) is 11.5 Å². The maximum Gasteiger partial charge on any atom is 0.323 e. The van der Waals surface area contributed by atoms with Crippen molar-refractivity contribution in [1.82, 2.24) is 10.1 Å². The monoisotopic (exact) mass is 208 g/mol. The van der Waals surface area contributed by atoms with Gasteiger partial charge in [0.25, 0.3) is 5.91 Å². The molecule has 1 N–H and O–H groups in total. The minimum atomic E-state index is -1.14. The third-order valence-electron chi connectivity index (χ3n) is 1.55. The summed E-state index contributed by atoms with van der Waals surface area (Å²) in [5.74, 6) is 0.497. The zero-order valence-electron chi connectivity index (χ0n) is 7.71. The van der Waals surface area contributed by atoms with Gasteiger partial charge in [0.15, 0.2) is 5.69 Å². The van der Waals surface area contributed by atoms with Crippen LogP contribution in [0, 0.1) is 12.3 Å². The molecular weight excluding hydrogens is 200 g/mol. The van der Waals surface area contributed by atoms with E-state index >= 15 is 0 Å². The summed E-state index contributed by atoms with van der Waals surface area (Å²) in [6, 6.07) is 1.34. The molecule has 6 heteroatoms. The van der Waals surface area contributed by atoms with Gasteiger partial charge >= 0.3 is 5.97 Å². The zero-order chi connectivity index (χ0) is 11.3. The van der Waals surface area contributed by atoms with Crippen LogP contribution < -0.4 is 0 Å². The minimum Gasteiger partial charge on any atom is -0.480 e. The number of hydrogen-bond acceptors (Lipinski definition) is 4. The van der Waals surface area contributed by atoms with Crippen LogP contribution in [0.15, 0.2) is 16.9 Å². The second kappa shape index (κ2) is 4.81. The zero-order valence-corrected chi connectivity index (χ0v) is 7.71. The Kier molecular flexibility index (Phi) is 3.46. The van der Waals surface area contributed by atoms with Crippen LogP contribution in [0.3, 0.4) is 0 Å². The number of aliphatic carboxylic acids is 1. The van der Waals surface area contributed by atoms with Gasteiger partial charge < -0.3 is 14.5 Å². The molecule has 1 aromatic heterocycles. The topological polar surface area (TPSA) is 83.6 Å². The smallest absolute Gasteiger partial charge is 0.323 e. The minimum absolute atomic E-state index is 0.0338. The molecule has 0 aliphatic heterocycles. The predicted molar refractivity (Wildman–Crippen MR) is 48.9 cm³/mol. The lowest BCUT2D eigenvalue weighted by molar-refractivity contribution is -0.137. The molecular formula is C9H8N2O4. The largest absolute Gasteiger partial charge is 0.480 e. The Hall–Kier alpha value is -2.29. The van der Waals surface area contributed by atoms with Crippen LogP contribution in [-0.2, 0) is 4.79 Å². The molecule has 0 unspecified atom stereocenters. The van der Waals surface area contributed by atoms with Crippen LogP contribution in [-0.4, -0.2) is 40.1 Å². The van der Waals surface area contributed by atoms with Gasteiger partial charge in [-0.2, -0.15) is 0 Å². The molecule has 1 heterocycles. The average molecular weight is 208 g/mol. The molecule has 0 saturated heterocycles. The molecule has 0 bridgehead atoms. The molecule has 15 heavy (non-hydrogen) atoms. The first-order valence-corrected chi connectivity index (χ1v) is 4.00. The van der Waals surface area contributed by atoms with E-state index in [1.165, 1.54) is 12.3 Å². The Morgan fingerprint density at radius 1 is 1.67 bits per heavy atom. The highest BCUT2D eigenvalue weighted by Crippen LogP contribution is 2.01. The molecule has 0 aliphatic rings. The van der Waals surface area contributed by atoms with Crippen LogP contribution in [0.1, 0.15) is 10.5 Å². The van der Waals surface area contributed by atoms with Crippen molar-refractivity contribution in [3.8, 4) is 12.3 Å². The Morgan fingerprint density at radius 2 is 2.40 bits per heavy atom. The van der Waals surface area contributed by atoms with Crippen molar-refractivity contribution in [2.75, 3.05) is 13.1 Å². The van der Waals surface area contributed by atoms with Crippen LogP contribution in [0.4, 0.5) is 0 Å². The van der Waals surface area contributed by atoms with Crippen molar-refractivity contribution in [3.63, 3.8) is 0 Å². The molecule has 0 aliphatic carbocycles. The summed E-state index contributed by atoms with van der Waals surface area (Å²) in [5.41, 5.74) is 0.0338. The van der Waals surface area contributed by atoms with Crippen molar-refractivity contribution in [2.24, 2.45) is 0 Å². The number of carboxylic acid groups (broad SMARTS) is 1. The standard InChI is InChI=1S/C9H8N2O4/c1-2-4-11(6-8(12)13)9(14)7-3-5-15-10-7/h1,3,5H,4,6H2,(H,12,13). The van der Waals surface area contributed by atoms with Gasteiger partial charge in [0, 0.05) is 6.07 Å². The fraction of sp³-hybridized carbons (Fsp3) is 0.222. The van der Waals surface area contributed by atoms with Crippen LogP contribution in [0.5, 0.6) is 0 Å². The van der Waals surface area contributed by atoms with E-state index in [9.17, 15) is 9.59 Å². The van der Waals surface area contributed by atoms with Crippen LogP contribution >= 0.6 is 0 Å². The van der Waals surface area contributed by atoms with E-state index < -0.39 is 18.4 Å². The number of carboxylic acids is 1. The summed E-state index contributed by atoms with van der Waals surface area (Å²) in [6.07, 6.45) is 6.24. The van der Waals surface area contributed by atoms with Gasteiger partial charge in [0.2, 0.25) is 0 Å². The molecule has 1 rings (SSSR count). The predicted octanol–water partition coefficient (Wildman–Crippen LogP) is -0.165. The third-order valence-corrected chi connectivity index (χ3v) is 1.55. The first-order chi connectivity index (χ1) is 7.15. The second-order valence-corrected chi connectivity index (χ2v) is 2.64. The Bertz CT molecular complexity index is 391. The first-order valence-electron chi connectivity index (χ1n) is 4.00. The lowest BCUT2D eigenvalue weighted by atomic mass is 10.3.